The molecule has 0 bridgehead atoms. The summed E-state index contributed by atoms with van der Waals surface area (Å²) >= 11 is 0. The predicted molar refractivity (Wildman–Crippen MR) is 75.7 cm³/mol. The number of para-hydroxylation sites is 1. The van der Waals surface area contributed by atoms with Gasteiger partial charge < -0.3 is 15.4 Å². The Bertz CT molecular complexity index is 537. The third-order valence-corrected chi connectivity index (χ3v) is 3.24. The summed E-state index contributed by atoms with van der Waals surface area (Å²) in [5.74, 6) is 0. The summed E-state index contributed by atoms with van der Waals surface area (Å²) in [6.45, 7) is 7.40. The lowest BCUT2D eigenvalue weighted by Crippen LogP contribution is -2.28. The van der Waals surface area contributed by atoms with Crippen LogP contribution in [-0.2, 0) is 12.0 Å². The van der Waals surface area contributed by atoms with Crippen molar-refractivity contribution in [2.75, 3.05) is 6.54 Å². The Hall–Kier alpha value is -1.32. The number of aliphatic hydroxyl groups is 1. The molecule has 2 rings (SSSR count). The molecular formula is C15H22N2O. The smallest absolute Gasteiger partial charge is 0.0841 e. The molecule has 1 aromatic carbocycles. The molecule has 0 saturated carbocycles. The highest BCUT2D eigenvalue weighted by Crippen LogP contribution is 2.29. The van der Waals surface area contributed by atoms with E-state index in [1.54, 1.807) is 0 Å². The van der Waals surface area contributed by atoms with Gasteiger partial charge in [0.15, 0.2) is 0 Å². The first-order valence-electron chi connectivity index (χ1n) is 6.40. The Morgan fingerprint density at radius 1 is 1.28 bits per heavy atom. The van der Waals surface area contributed by atoms with Crippen molar-refractivity contribution in [1.82, 2.24) is 4.57 Å². The summed E-state index contributed by atoms with van der Waals surface area (Å²) in [4.78, 5) is 0. The molecule has 1 atom stereocenters. The minimum absolute atomic E-state index is 0.0489. The van der Waals surface area contributed by atoms with Crippen LogP contribution >= 0.6 is 0 Å². The van der Waals surface area contributed by atoms with Crippen LogP contribution in [0.25, 0.3) is 10.9 Å². The van der Waals surface area contributed by atoms with E-state index in [9.17, 15) is 5.11 Å². The molecule has 3 nitrogen and oxygen atoms in total. The van der Waals surface area contributed by atoms with Gasteiger partial charge in [0.05, 0.1) is 12.6 Å². The van der Waals surface area contributed by atoms with E-state index in [2.05, 4.69) is 43.5 Å². The molecule has 0 aliphatic carbocycles. The normalized spacial score (nSPS) is 14.1. The zero-order valence-electron chi connectivity index (χ0n) is 11.4. The number of hydrogen-bond acceptors (Lipinski definition) is 2. The van der Waals surface area contributed by atoms with E-state index in [1.165, 1.54) is 11.1 Å². The van der Waals surface area contributed by atoms with Crippen molar-refractivity contribution in [3.8, 4) is 0 Å². The molecule has 2 aromatic rings. The maximum Gasteiger partial charge on any atom is 0.0841 e. The average Bonchev–Trinajstić information content (AvgIpc) is 2.68. The molecule has 0 spiro atoms. The monoisotopic (exact) mass is 246 g/mol. The number of benzene rings is 1. The number of aliphatic hydroxyl groups excluding tert-OH is 1. The molecule has 3 N–H and O–H groups in total. The van der Waals surface area contributed by atoms with Gasteiger partial charge in [0.25, 0.3) is 0 Å². The minimum atomic E-state index is -0.498. The second kappa shape index (κ2) is 4.75. The van der Waals surface area contributed by atoms with Crippen LogP contribution in [0.1, 0.15) is 26.5 Å². The molecule has 1 unspecified atom stereocenters. The average molecular weight is 246 g/mol. The maximum atomic E-state index is 9.83. The maximum absolute atomic E-state index is 9.83. The third-order valence-electron chi connectivity index (χ3n) is 3.24. The van der Waals surface area contributed by atoms with E-state index in [0.717, 1.165) is 5.52 Å². The van der Waals surface area contributed by atoms with Crippen molar-refractivity contribution >= 4 is 10.9 Å². The quantitative estimate of drug-likeness (QED) is 0.872. The molecule has 0 amide bonds. The van der Waals surface area contributed by atoms with Crippen molar-refractivity contribution in [2.45, 2.75) is 38.8 Å². The summed E-state index contributed by atoms with van der Waals surface area (Å²) in [6.07, 6.45) is -0.498. The van der Waals surface area contributed by atoms with E-state index < -0.39 is 6.10 Å². The molecule has 98 valence electrons. The van der Waals surface area contributed by atoms with Gasteiger partial charge in [0, 0.05) is 23.2 Å². The van der Waals surface area contributed by atoms with Crippen molar-refractivity contribution in [3.63, 3.8) is 0 Å². The van der Waals surface area contributed by atoms with Crippen LogP contribution in [0.4, 0.5) is 0 Å². The molecule has 3 heteroatoms. The van der Waals surface area contributed by atoms with Gasteiger partial charge in [0.1, 0.15) is 0 Å². The molecule has 0 saturated heterocycles. The Labute approximate surface area is 108 Å². The lowest BCUT2D eigenvalue weighted by Gasteiger charge is -2.23. The van der Waals surface area contributed by atoms with Gasteiger partial charge in [-0.3, -0.25) is 0 Å². The highest BCUT2D eigenvalue weighted by molar-refractivity contribution is 5.81. The zero-order valence-corrected chi connectivity index (χ0v) is 11.4. The molecular weight excluding hydrogens is 224 g/mol. The Morgan fingerprint density at radius 3 is 2.56 bits per heavy atom. The first-order chi connectivity index (χ1) is 8.43. The molecule has 0 radical (unpaired) electrons. The molecule has 1 heterocycles. The van der Waals surface area contributed by atoms with Gasteiger partial charge in [-0.1, -0.05) is 39.0 Å². The number of nitrogens with zero attached hydrogens (tertiary/aromatic N) is 1. The summed E-state index contributed by atoms with van der Waals surface area (Å²) < 4.78 is 2.19. The van der Waals surface area contributed by atoms with E-state index >= 15 is 0 Å². The zero-order chi connectivity index (χ0) is 13.3. The van der Waals surface area contributed by atoms with Gasteiger partial charge in [-0.05, 0) is 17.5 Å². The topological polar surface area (TPSA) is 51.2 Å². The molecule has 0 aliphatic heterocycles. The first-order valence-corrected chi connectivity index (χ1v) is 6.40. The lowest BCUT2D eigenvalue weighted by molar-refractivity contribution is 0.161. The second-order valence-electron chi connectivity index (χ2n) is 5.84. The summed E-state index contributed by atoms with van der Waals surface area (Å²) in [5.41, 5.74) is 7.97. The van der Waals surface area contributed by atoms with Gasteiger partial charge in [-0.25, -0.2) is 0 Å². The Balaban J connectivity index is 2.58. The van der Waals surface area contributed by atoms with Crippen LogP contribution in [0.15, 0.2) is 30.3 Å². The van der Waals surface area contributed by atoms with Crippen molar-refractivity contribution < 1.29 is 5.11 Å². The fraction of sp³-hybridized carbons (Fsp3) is 0.467. The first kappa shape index (κ1) is 13.1. The molecule has 0 aliphatic rings. The van der Waals surface area contributed by atoms with Gasteiger partial charge >= 0.3 is 0 Å². The second-order valence-corrected chi connectivity index (χ2v) is 5.84. The van der Waals surface area contributed by atoms with Gasteiger partial charge in [-0.15, -0.1) is 0 Å². The molecule has 18 heavy (non-hydrogen) atoms. The van der Waals surface area contributed by atoms with Crippen LogP contribution in [0.2, 0.25) is 0 Å². The summed E-state index contributed by atoms with van der Waals surface area (Å²) in [6, 6.07) is 10.5. The number of rotatable bonds is 3. The van der Waals surface area contributed by atoms with Crippen molar-refractivity contribution in [3.05, 3.63) is 36.0 Å². The van der Waals surface area contributed by atoms with Crippen molar-refractivity contribution in [1.29, 1.82) is 0 Å². The SMILES string of the molecule is CC(C)(C)c1cc2ccccc2n1CC(O)CN. The number of aromatic nitrogens is 1. The molecule has 0 fully saturated rings. The van der Waals surface area contributed by atoms with E-state index in [4.69, 9.17) is 5.73 Å². The fourth-order valence-corrected chi connectivity index (χ4v) is 2.31. The minimum Gasteiger partial charge on any atom is -0.390 e. The van der Waals surface area contributed by atoms with Gasteiger partial charge in [0.2, 0.25) is 0 Å². The Kier molecular flexibility index (Phi) is 3.46. The van der Waals surface area contributed by atoms with Gasteiger partial charge in [-0.2, -0.15) is 0 Å². The lowest BCUT2D eigenvalue weighted by atomic mass is 9.92. The largest absolute Gasteiger partial charge is 0.390 e. The highest BCUT2D eigenvalue weighted by atomic mass is 16.3. The van der Waals surface area contributed by atoms with Crippen molar-refractivity contribution in [2.24, 2.45) is 5.73 Å². The van der Waals surface area contributed by atoms with E-state index in [1.807, 2.05) is 12.1 Å². The van der Waals surface area contributed by atoms with Crippen LogP contribution in [0, 0.1) is 0 Å². The van der Waals surface area contributed by atoms with Crippen LogP contribution in [0.3, 0.4) is 0 Å². The van der Waals surface area contributed by atoms with E-state index in [-0.39, 0.29) is 12.0 Å². The van der Waals surface area contributed by atoms with Crippen LogP contribution in [-0.4, -0.2) is 22.3 Å². The Morgan fingerprint density at radius 2 is 1.94 bits per heavy atom. The third kappa shape index (κ3) is 2.42. The number of hydrogen-bond donors (Lipinski definition) is 2. The van der Waals surface area contributed by atoms with Crippen LogP contribution in [0.5, 0.6) is 0 Å². The standard InChI is InChI=1S/C15H22N2O/c1-15(2,3)14-8-11-6-4-5-7-13(11)17(14)10-12(18)9-16/h4-8,12,18H,9-10,16H2,1-3H3. The summed E-state index contributed by atoms with van der Waals surface area (Å²) in [7, 11) is 0. The highest BCUT2D eigenvalue weighted by Gasteiger charge is 2.21. The number of nitrogens with two attached hydrogens (primary N) is 1. The van der Waals surface area contributed by atoms with Crippen LogP contribution < -0.4 is 5.73 Å². The number of fused-ring (bicyclic) bond motifs is 1. The van der Waals surface area contributed by atoms with E-state index in [0.29, 0.717) is 6.54 Å². The predicted octanol–water partition coefficient (Wildman–Crippen LogP) is 2.26. The summed E-state index contributed by atoms with van der Waals surface area (Å²) in [5, 5.41) is 11.0. The molecule has 1 aromatic heterocycles. The fourth-order valence-electron chi connectivity index (χ4n) is 2.31.